The standard InChI is InChI=1S/C8H3ClF3N3OS/c9-6-5(3-16)17-7(14-6)15-2-4(1-13-15)8(10,11)12/h1-3H. The summed E-state index contributed by atoms with van der Waals surface area (Å²) in [5, 5.41) is 3.56. The average molecular weight is 282 g/mol. The molecule has 0 bridgehead atoms. The van der Waals surface area contributed by atoms with E-state index < -0.39 is 11.7 Å². The Morgan fingerprint density at radius 2 is 2.18 bits per heavy atom. The molecule has 2 aromatic rings. The van der Waals surface area contributed by atoms with E-state index >= 15 is 0 Å². The van der Waals surface area contributed by atoms with E-state index in [1.165, 1.54) is 0 Å². The van der Waals surface area contributed by atoms with Gasteiger partial charge in [-0.05, 0) is 0 Å². The van der Waals surface area contributed by atoms with E-state index in [9.17, 15) is 18.0 Å². The number of aldehydes is 1. The molecule has 0 aliphatic carbocycles. The lowest BCUT2D eigenvalue weighted by Gasteiger charge is -1.99. The first kappa shape index (κ1) is 12.1. The van der Waals surface area contributed by atoms with Crippen LogP contribution in [0.4, 0.5) is 13.2 Å². The molecule has 0 spiro atoms. The summed E-state index contributed by atoms with van der Waals surface area (Å²) in [6.07, 6.45) is -2.52. The third kappa shape index (κ3) is 2.32. The third-order valence-corrected chi connectivity index (χ3v) is 3.18. The van der Waals surface area contributed by atoms with Crippen molar-refractivity contribution >= 4 is 29.2 Å². The number of thiazole rings is 1. The van der Waals surface area contributed by atoms with Crippen molar-refractivity contribution < 1.29 is 18.0 Å². The molecule has 0 amide bonds. The van der Waals surface area contributed by atoms with Gasteiger partial charge in [-0.1, -0.05) is 22.9 Å². The molecule has 0 aliphatic heterocycles. The molecule has 0 radical (unpaired) electrons. The van der Waals surface area contributed by atoms with E-state index in [4.69, 9.17) is 11.6 Å². The summed E-state index contributed by atoms with van der Waals surface area (Å²) in [4.78, 5) is 14.4. The van der Waals surface area contributed by atoms with Crippen LogP contribution in [0.1, 0.15) is 15.2 Å². The minimum atomic E-state index is -4.47. The van der Waals surface area contributed by atoms with Gasteiger partial charge in [0.1, 0.15) is 4.88 Å². The van der Waals surface area contributed by atoms with Crippen LogP contribution in [0.5, 0.6) is 0 Å². The van der Waals surface area contributed by atoms with Crippen LogP contribution < -0.4 is 0 Å². The summed E-state index contributed by atoms with van der Waals surface area (Å²) in [5.41, 5.74) is -0.892. The Morgan fingerprint density at radius 1 is 1.47 bits per heavy atom. The van der Waals surface area contributed by atoms with E-state index in [1.54, 1.807) is 0 Å². The molecule has 0 N–H and O–H groups in total. The minimum Gasteiger partial charge on any atom is -0.297 e. The lowest BCUT2D eigenvalue weighted by Crippen LogP contribution is -2.02. The van der Waals surface area contributed by atoms with Gasteiger partial charge < -0.3 is 0 Å². The number of carbonyl (C=O) groups excluding carboxylic acids is 1. The highest BCUT2D eigenvalue weighted by Gasteiger charge is 2.32. The lowest BCUT2D eigenvalue weighted by atomic mass is 10.4. The fourth-order valence-corrected chi connectivity index (χ4v) is 2.04. The summed E-state index contributed by atoms with van der Waals surface area (Å²) in [5.74, 6) is 0. The fraction of sp³-hybridized carbons (Fsp3) is 0.125. The Balaban J connectivity index is 2.40. The van der Waals surface area contributed by atoms with Crippen LogP contribution >= 0.6 is 22.9 Å². The number of hydrogen-bond acceptors (Lipinski definition) is 4. The van der Waals surface area contributed by atoms with Crippen LogP contribution in [-0.4, -0.2) is 21.1 Å². The van der Waals surface area contributed by atoms with Crippen molar-refractivity contribution in [2.75, 3.05) is 0 Å². The van der Waals surface area contributed by atoms with Crippen LogP contribution in [0, 0.1) is 0 Å². The zero-order chi connectivity index (χ0) is 12.6. The molecule has 0 aromatic carbocycles. The minimum absolute atomic E-state index is 0.0518. The van der Waals surface area contributed by atoms with Crippen molar-refractivity contribution in [3.05, 3.63) is 28.0 Å². The molecule has 2 rings (SSSR count). The third-order valence-electron chi connectivity index (χ3n) is 1.81. The van der Waals surface area contributed by atoms with Crippen molar-refractivity contribution in [1.29, 1.82) is 0 Å². The maximum absolute atomic E-state index is 12.3. The normalized spacial score (nSPS) is 11.8. The molecule has 2 aromatic heterocycles. The monoisotopic (exact) mass is 281 g/mol. The second-order valence-corrected chi connectivity index (χ2v) is 4.31. The molecular weight excluding hydrogens is 279 g/mol. The van der Waals surface area contributed by atoms with Gasteiger partial charge in [0.25, 0.3) is 0 Å². The highest BCUT2D eigenvalue weighted by molar-refractivity contribution is 7.16. The molecule has 0 saturated heterocycles. The quantitative estimate of drug-likeness (QED) is 0.795. The lowest BCUT2D eigenvalue weighted by molar-refractivity contribution is -0.137. The van der Waals surface area contributed by atoms with E-state index in [0.717, 1.165) is 22.2 Å². The maximum Gasteiger partial charge on any atom is 0.419 e. The first-order valence-electron chi connectivity index (χ1n) is 4.15. The number of hydrogen-bond donors (Lipinski definition) is 0. The number of rotatable bonds is 2. The van der Waals surface area contributed by atoms with Gasteiger partial charge >= 0.3 is 6.18 Å². The molecular formula is C8H3ClF3N3OS. The number of halogens is 4. The molecule has 9 heteroatoms. The Bertz CT molecular complexity index is 563. The maximum atomic E-state index is 12.3. The van der Waals surface area contributed by atoms with Crippen LogP contribution in [-0.2, 0) is 6.18 Å². The second-order valence-electron chi connectivity index (χ2n) is 2.94. The van der Waals surface area contributed by atoms with E-state index in [-0.39, 0.29) is 15.2 Å². The van der Waals surface area contributed by atoms with Crippen molar-refractivity contribution in [2.45, 2.75) is 6.18 Å². The molecule has 0 aliphatic rings. The highest BCUT2D eigenvalue weighted by Crippen LogP contribution is 2.30. The van der Waals surface area contributed by atoms with Gasteiger partial charge in [0.05, 0.1) is 11.8 Å². The van der Waals surface area contributed by atoms with Crippen molar-refractivity contribution in [3.63, 3.8) is 0 Å². The Kier molecular flexibility index (Phi) is 2.92. The van der Waals surface area contributed by atoms with Gasteiger partial charge in [-0.25, -0.2) is 9.67 Å². The predicted molar refractivity (Wildman–Crippen MR) is 54.6 cm³/mol. The zero-order valence-corrected chi connectivity index (χ0v) is 9.47. The van der Waals surface area contributed by atoms with E-state index in [1.807, 2.05) is 0 Å². The smallest absolute Gasteiger partial charge is 0.297 e. The van der Waals surface area contributed by atoms with Crippen molar-refractivity contribution in [2.24, 2.45) is 0 Å². The van der Waals surface area contributed by atoms with Crippen molar-refractivity contribution in [3.8, 4) is 5.13 Å². The van der Waals surface area contributed by atoms with Crippen LogP contribution in [0.25, 0.3) is 5.13 Å². The van der Waals surface area contributed by atoms with Gasteiger partial charge in [0.15, 0.2) is 11.4 Å². The molecule has 90 valence electrons. The van der Waals surface area contributed by atoms with Gasteiger partial charge in [0.2, 0.25) is 5.13 Å². The highest BCUT2D eigenvalue weighted by atomic mass is 35.5. The molecule has 0 unspecified atom stereocenters. The van der Waals surface area contributed by atoms with Gasteiger partial charge in [-0.15, -0.1) is 0 Å². The molecule has 4 nitrogen and oxygen atoms in total. The predicted octanol–water partition coefficient (Wildman–Crippen LogP) is 2.81. The molecule has 2 heterocycles. The zero-order valence-electron chi connectivity index (χ0n) is 7.90. The Labute approximate surface area is 102 Å². The summed E-state index contributed by atoms with van der Waals surface area (Å²) in [6.45, 7) is 0. The fourth-order valence-electron chi connectivity index (χ4n) is 1.05. The summed E-state index contributed by atoms with van der Waals surface area (Å²) >= 11 is 6.45. The summed E-state index contributed by atoms with van der Waals surface area (Å²) < 4.78 is 37.9. The number of nitrogens with zero attached hydrogens (tertiary/aromatic N) is 3. The first-order valence-corrected chi connectivity index (χ1v) is 5.35. The topological polar surface area (TPSA) is 47.8 Å². The van der Waals surface area contributed by atoms with E-state index in [2.05, 4.69) is 10.1 Å². The second kappa shape index (κ2) is 4.11. The number of alkyl halides is 3. The summed E-state index contributed by atoms with van der Waals surface area (Å²) in [6, 6.07) is 0. The molecule has 0 fully saturated rings. The number of carbonyl (C=O) groups is 1. The Hall–Kier alpha value is -1.41. The number of aromatic nitrogens is 3. The van der Waals surface area contributed by atoms with Crippen molar-refractivity contribution in [1.82, 2.24) is 14.8 Å². The Morgan fingerprint density at radius 3 is 2.65 bits per heavy atom. The van der Waals surface area contributed by atoms with Crippen LogP contribution in [0.3, 0.4) is 0 Å². The largest absolute Gasteiger partial charge is 0.419 e. The van der Waals surface area contributed by atoms with Gasteiger partial charge in [-0.3, -0.25) is 4.79 Å². The molecule has 17 heavy (non-hydrogen) atoms. The van der Waals surface area contributed by atoms with Gasteiger partial charge in [0, 0.05) is 6.20 Å². The first-order chi connectivity index (χ1) is 7.91. The van der Waals surface area contributed by atoms with E-state index in [0.29, 0.717) is 12.5 Å². The van der Waals surface area contributed by atoms with Crippen LogP contribution in [0.2, 0.25) is 5.15 Å². The summed E-state index contributed by atoms with van der Waals surface area (Å²) in [7, 11) is 0. The SMILES string of the molecule is O=Cc1sc(-n2cc(C(F)(F)F)cn2)nc1Cl. The average Bonchev–Trinajstić information content (AvgIpc) is 2.82. The molecule has 0 saturated carbocycles. The van der Waals surface area contributed by atoms with Crippen LogP contribution in [0.15, 0.2) is 12.4 Å². The van der Waals surface area contributed by atoms with Gasteiger partial charge in [-0.2, -0.15) is 18.3 Å². The molecule has 0 atom stereocenters.